The standard InChI is InChI=1S/C12H22N4O2/c1-8(11(2,3)4)7-9-13-14-15-16(9)12(5,6)10(17)18/h8H,7H2,1-6H3,(H,17,18). The van der Waals surface area contributed by atoms with Gasteiger partial charge in [-0.15, -0.1) is 5.10 Å². The topological polar surface area (TPSA) is 80.9 Å². The summed E-state index contributed by atoms with van der Waals surface area (Å²) < 4.78 is 1.40. The lowest BCUT2D eigenvalue weighted by Gasteiger charge is -2.28. The maximum atomic E-state index is 11.2. The number of carboxylic acid groups (broad SMARTS) is 1. The molecule has 0 amide bonds. The maximum absolute atomic E-state index is 11.2. The Hall–Kier alpha value is -1.46. The number of aromatic nitrogens is 4. The predicted octanol–water partition coefficient (Wildman–Crippen LogP) is 1.72. The van der Waals surface area contributed by atoms with Crippen LogP contribution >= 0.6 is 0 Å². The van der Waals surface area contributed by atoms with Gasteiger partial charge in [0.2, 0.25) is 0 Å². The summed E-state index contributed by atoms with van der Waals surface area (Å²) in [5.41, 5.74) is -0.999. The zero-order chi connectivity index (χ0) is 14.1. The van der Waals surface area contributed by atoms with E-state index >= 15 is 0 Å². The van der Waals surface area contributed by atoms with E-state index in [2.05, 4.69) is 43.2 Å². The van der Waals surface area contributed by atoms with Gasteiger partial charge in [0.05, 0.1) is 0 Å². The number of aliphatic carboxylic acids is 1. The summed E-state index contributed by atoms with van der Waals surface area (Å²) in [7, 11) is 0. The van der Waals surface area contributed by atoms with E-state index in [0.717, 1.165) is 0 Å². The highest BCUT2D eigenvalue weighted by atomic mass is 16.4. The Balaban J connectivity index is 3.01. The number of tetrazole rings is 1. The largest absolute Gasteiger partial charge is 0.479 e. The van der Waals surface area contributed by atoms with Crippen LogP contribution in [-0.4, -0.2) is 31.3 Å². The molecule has 6 heteroatoms. The third-order valence-electron chi connectivity index (χ3n) is 3.55. The third-order valence-corrected chi connectivity index (χ3v) is 3.55. The van der Waals surface area contributed by atoms with E-state index in [-0.39, 0.29) is 5.41 Å². The highest BCUT2D eigenvalue weighted by molar-refractivity contribution is 5.75. The second kappa shape index (κ2) is 4.66. The summed E-state index contributed by atoms with van der Waals surface area (Å²) in [6.07, 6.45) is 0.660. The minimum Gasteiger partial charge on any atom is -0.479 e. The molecule has 18 heavy (non-hydrogen) atoms. The first kappa shape index (κ1) is 14.6. The first-order valence-corrected chi connectivity index (χ1v) is 6.08. The van der Waals surface area contributed by atoms with E-state index in [1.165, 1.54) is 4.68 Å². The highest BCUT2D eigenvalue weighted by Crippen LogP contribution is 2.28. The normalized spacial score (nSPS) is 14.6. The number of hydrogen-bond donors (Lipinski definition) is 1. The molecule has 0 bridgehead atoms. The van der Waals surface area contributed by atoms with E-state index in [4.69, 9.17) is 0 Å². The van der Waals surface area contributed by atoms with Crippen LogP contribution < -0.4 is 0 Å². The van der Waals surface area contributed by atoms with Gasteiger partial charge >= 0.3 is 5.97 Å². The molecule has 102 valence electrons. The van der Waals surface area contributed by atoms with Crippen molar-refractivity contribution in [3.63, 3.8) is 0 Å². The average molecular weight is 254 g/mol. The summed E-state index contributed by atoms with van der Waals surface area (Å²) in [5.74, 6) is 0.0242. The second-order valence-electron chi connectivity index (χ2n) is 6.34. The molecular formula is C12H22N4O2. The van der Waals surface area contributed by atoms with Crippen LogP contribution in [0.2, 0.25) is 0 Å². The van der Waals surface area contributed by atoms with Crippen LogP contribution in [0.3, 0.4) is 0 Å². The van der Waals surface area contributed by atoms with Crippen LogP contribution in [0, 0.1) is 11.3 Å². The van der Waals surface area contributed by atoms with Gasteiger partial charge in [0, 0.05) is 6.42 Å². The van der Waals surface area contributed by atoms with Crippen molar-refractivity contribution in [2.75, 3.05) is 0 Å². The van der Waals surface area contributed by atoms with E-state index in [1.54, 1.807) is 13.8 Å². The fraction of sp³-hybridized carbons (Fsp3) is 0.833. The Bertz CT molecular complexity index is 432. The van der Waals surface area contributed by atoms with Crippen molar-refractivity contribution in [3.8, 4) is 0 Å². The van der Waals surface area contributed by atoms with Gasteiger partial charge in [0.1, 0.15) is 0 Å². The van der Waals surface area contributed by atoms with E-state index in [0.29, 0.717) is 18.2 Å². The van der Waals surface area contributed by atoms with Crippen molar-refractivity contribution in [2.45, 2.75) is 53.5 Å². The zero-order valence-corrected chi connectivity index (χ0v) is 11.9. The molecule has 1 aromatic heterocycles. The molecule has 1 unspecified atom stereocenters. The number of hydrogen-bond acceptors (Lipinski definition) is 4. The molecule has 0 radical (unpaired) electrons. The lowest BCUT2D eigenvalue weighted by Crippen LogP contribution is -2.38. The minimum atomic E-state index is -1.13. The smallest absolute Gasteiger partial charge is 0.331 e. The predicted molar refractivity (Wildman–Crippen MR) is 67.1 cm³/mol. The monoisotopic (exact) mass is 254 g/mol. The number of carbonyl (C=O) groups is 1. The average Bonchev–Trinajstić information content (AvgIpc) is 2.64. The van der Waals surface area contributed by atoms with Crippen LogP contribution in [0.1, 0.15) is 47.4 Å². The summed E-state index contributed by atoms with van der Waals surface area (Å²) >= 11 is 0. The van der Waals surface area contributed by atoms with Gasteiger partial charge in [0.15, 0.2) is 11.4 Å². The number of nitrogens with zero attached hydrogens (tertiary/aromatic N) is 4. The fourth-order valence-corrected chi connectivity index (χ4v) is 1.44. The van der Waals surface area contributed by atoms with Crippen molar-refractivity contribution in [1.29, 1.82) is 0 Å². The Morgan fingerprint density at radius 2 is 1.89 bits per heavy atom. The van der Waals surface area contributed by atoms with Gasteiger partial charge in [-0.2, -0.15) is 0 Å². The molecule has 1 rings (SSSR count). The summed E-state index contributed by atoms with van der Waals surface area (Å²) in [5, 5.41) is 20.6. The number of rotatable bonds is 4. The molecule has 1 aromatic rings. The Morgan fingerprint density at radius 3 is 2.33 bits per heavy atom. The van der Waals surface area contributed by atoms with Crippen molar-refractivity contribution >= 4 is 5.97 Å². The molecule has 0 aromatic carbocycles. The van der Waals surface area contributed by atoms with Crippen molar-refractivity contribution in [1.82, 2.24) is 20.2 Å². The van der Waals surface area contributed by atoms with Gasteiger partial charge in [-0.25, -0.2) is 9.48 Å². The minimum absolute atomic E-state index is 0.129. The summed E-state index contributed by atoms with van der Waals surface area (Å²) in [6.45, 7) is 11.7. The van der Waals surface area contributed by atoms with Gasteiger partial charge in [-0.1, -0.05) is 27.7 Å². The van der Waals surface area contributed by atoms with Crippen LogP contribution in [0.5, 0.6) is 0 Å². The molecule has 0 saturated heterocycles. The molecule has 1 N–H and O–H groups in total. The molecule has 1 atom stereocenters. The van der Waals surface area contributed by atoms with E-state index < -0.39 is 11.5 Å². The van der Waals surface area contributed by atoms with Crippen molar-refractivity contribution in [2.24, 2.45) is 11.3 Å². The van der Waals surface area contributed by atoms with Gasteiger partial charge < -0.3 is 5.11 Å². The van der Waals surface area contributed by atoms with Gasteiger partial charge in [-0.3, -0.25) is 0 Å². The molecule has 0 aliphatic carbocycles. The molecular weight excluding hydrogens is 232 g/mol. The Kier molecular flexibility index (Phi) is 3.78. The summed E-state index contributed by atoms with van der Waals surface area (Å²) in [4.78, 5) is 11.2. The fourth-order valence-electron chi connectivity index (χ4n) is 1.44. The van der Waals surface area contributed by atoms with E-state index in [1.807, 2.05) is 0 Å². The van der Waals surface area contributed by atoms with Crippen molar-refractivity contribution in [3.05, 3.63) is 5.82 Å². The Morgan fingerprint density at radius 1 is 1.33 bits per heavy atom. The van der Waals surface area contributed by atoms with Crippen LogP contribution in [0.15, 0.2) is 0 Å². The number of carboxylic acids is 1. The van der Waals surface area contributed by atoms with Crippen LogP contribution in [-0.2, 0) is 16.8 Å². The SMILES string of the molecule is CC(Cc1nnnn1C(C)(C)C(=O)O)C(C)(C)C. The quantitative estimate of drug-likeness (QED) is 0.884. The second-order valence-corrected chi connectivity index (χ2v) is 6.34. The molecule has 6 nitrogen and oxygen atoms in total. The van der Waals surface area contributed by atoms with Crippen molar-refractivity contribution < 1.29 is 9.90 Å². The molecule has 0 aliphatic rings. The molecule has 0 saturated carbocycles. The highest BCUT2D eigenvalue weighted by Gasteiger charge is 2.34. The lowest BCUT2D eigenvalue weighted by atomic mass is 9.80. The molecule has 0 fully saturated rings. The zero-order valence-electron chi connectivity index (χ0n) is 11.9. The maximum Gasteiger partial charge on any atom is 0.331 e. The van der Waals surface area contributed by atoms with Crippen LogP contribution in [0.4, 0.5) is 0 Å². The van der Waals surface area contributed by atoms with Crippen LogP contribution in [0.25, 0.3) is 0 Å². The third kappa shape index (κ3) is 2.86. The molecule has 1 heterocycles. The first-order valence-electron chi connectivity index (χ1n) is 6.08. The van der Waals surface area contributed by atoms with Gasteiger partial charge in [-0.05, 0) is 35.6 Å². The van der Waals surface area contributed by atoms with E-state index in [9.17, 15) is 9.90 Å². The molecule has 0 spiro atoms. The molecule has 0 aliphatic heterocycles. The first-order chi connectivity index (χ1) is 8.06. The summed E-state index contributed by atoms with van der Waals surface area (Å²) in [6, 6.07) is 0. The lowest BCUT2D eigenvalue weighted by molar-refractivity contribution is -0.146. The van der Waals surface area contributed by atoms with Gasteiger partial charge in [0.25, 0.3) is 0 Å². The Labute approximate surface area is 107 Å².